The second kappa shape index (κ2) is 6.90. The van der Waals surface area contributed by atoms with Crippen molar-refractivity contribution in [3.05, 3.63) is 41.3 Å². The van der Waals surface area contributed by atoms with E-state index in [0.717, 1.165) is 29.2 Å². The second-order valence-electron chi connectivity index (χ2n) is 7.39. The molecule has 1 aliphatic rings. The van der Waals surface area contributed by atoms with Crippen LogP contribution in [-0.2, 0) is 6.42 Å². The first-order valence-corrected chi connectivity index (χ1v) is 8.86. The second-order valence-corrected chi connectivity index (χ2v) is 7.39. The van der Waals surface area contributed by atoms with Crippen LogP contribution >= 0.6 is 0 Å². The van der Waals surface area contributed by atoms with E-state index in [1.807, 2.05) is 36.9 Å². The van der Waals surface area contributed by atoms with E-state index in [0.29, 0.717) is 24.1 Å². The van der Waals surface area contributed by atoms with Crippen molar-refractivity contribution in [3.8, 4) is 5.75 Å². The van der Waals surface area contributed by atoms with Crippen molar-refractivity contribution in [2.24, 2.45) is 11.8 Å². The Morgan fingerprint density at radius 1 is 1.28 bits per heavy atom. The summed E-state index contributed by atoms with van der Waals surface area (Å²) in [7, 11) is 1.66. The van der Waals surface area contributed by atoms with Crippen LogP contribution in [0.3, 0.4) is 0 Å². The number of carbonyl (C=O) groups is 1. The van der Waals surface area contributed by atoms with E-state index >= 15 is 0 Å². The summed E-state index contributed by atoms with van der Waals surface area (Å²) in [5.41, 5.74) is 2.46. The topological polar surface area (TPSA) is 55.6 Å². The largest absolute Gasteiger partial charge is 0.497 e. The fraction of sp³-hybridized carbons (Fsp3) is 0.500. The Labute approximate surface area is 148 Å². The number of ether oxygens (including phenoxy) is 1. The first-order valence-electron chi connectivity index (χ1n) is 8.86. The number of aromatic nitrogens is 1. The summed E-state index contributed by atoms with van der Waals surface area (Å²) in [6, 6.07) is 7.66. The fourth-order valence-corrected chi connectivity index (χ4v) is 3.23. The zero-order chi connectivity index (χ0) is 18.1. The summed E-state index contributed by atoms with van der Waals surface area (Å²) < 4.78 is 10.7. The standard InChI is InChI=1S/C20H26N2O3/c1-12(2)15-8-14-9-16(24-5)6-7-18(14)22(11-15)20(23)17-10-19(13(3)4)25-21-17/h6-7,9-10,12-13,15H,8,11H2,1-5H3. The number of amides is 1. The Morgan fingerprint density at radius 3 is 2.64 bits per heavy atom. The Bertz CT molecular complexity index is 764. The molecule has 0 bridgehead atoms. The molecular formula is C20H26N2O3. The molecule has 0 saturated carbocycles. The van der Waals surface area contributed by atoms with Gasteiger partial charge in [0.15, 0.2) is 5.69 Å². The van der Waals surface area contributed by atoms with Gasteiger partial charge in [0.05, 0.1) is 7.11 Å². The fourth-order valence-electron chi connectivity index (χ4n) is 3.23. The maximum absolute atomic E-state index is 13.1. The zero-order valence-corrected chi connectivity index (χ0v) is 15.6. The summed E-state index contributed by atoms with van der Waals surface area (Å²) in [5, 5.41) is 4.00. The monoisotopic (exact) mass is 342 g/mol. The van der Waals surface area contributed by atoms with Crippen LogP contribution in [0.15, 0.2) is 28.8 Å². The van der Waals surface area contributed by atoms with Gasteiger partial charge in [-0.25, -0.2) is 0 Å². The number of methoxy groups -OCH3 is 1. The van der Waals surface area contributed by atoms with Gasteiger partial charge in [-0.05, 0) is 42.0 Å². The minimum absolute atomic E-state index is 0.104. The summed E-state index contributed by atoms with van der Waals surface area (Å²) in [5.74, 6) is 2.54. The molecular weight excluding hydrogens is 316 g/mol. The Kier molecular flexibility index (Phi) is 4.84. The van der Waals surface area contributed by atoms with Crippen LogP contribution in [0.1, 0.15) is 55.4 Å². The summed E-state index contributed by atoms with van der Waals surface area (Å²) in [6.45, 7) is 9.13. The molecule has 1 aromatic carbocycles. The number of hydrogen-bond donors (Lipinski definition) is 0. The third kappa shape index (κ3) is 3.41. The molecule has 1 unspecified atom stereocenters. The molecule has 5 heteroatoms. The van der Waals surface area contributed by atoms with Gasteiger partial charge in [-0.1, -0.05) is 32.9 Å². The molecule has 0 radical (unpaired) electrons. The molecule has 0 fully saturated rings. The normalized spacial score (nSPS) is 17.1. The average Bonchev–Trinajstić information content (AvgIpc) is 3.09. The third-order valence-electron chi connectivity index (χ3n) is 4.98. The predicted octanol–water partition coefficient (Wildman–Crippen LogP) is 4.28. The van der Waals surface area contributed by atoms with Crippen molar-refractivity contribution >= 4 is 11.6 Å². The summed E-state index contributed by atoms with van der Waals surface area (Å²) >= 11 is 0. The van der Waals surface area contributed by atoms with Crippen molar-refractivity contribution in [2.75, 3.05) is 18.6 Å². The molecule has 1 aliphatic heterocycles. The van der Waals surface area contributed by atoms with Crippen LogP contribution in [0.4, 0.5) is 5.69 Å². The van der Waals surface area contributed by atoms with Gasteiger partial charge in [0.1, 0.15) is 11.5 Å². The molecule has 2 aromatic rings. The Hall–Kier alpha value is -2.30. The van der Waals surface area contributed by atoms with Gasteiger partial charge in [-0.3, -0.25) is 4.79 Å². The molecule has 0 aliphatic carbocycles. The van der Waals surface area contributed by atoms with E-state index in [2.05, 4.69) is 19.0 Å². The lowest BCUT2D eigenvalue weighted by Gasteiger charge is -2.36. The van der Waals surface area contributed by atoms with Crippen molar-refractivity contribution < 1.29 is 14.1 Å². The quantitative estimate of drug-likeness (QED) is 0.832. The van der Waals surface area contributed by atoms with Gasteiger partial charge in [0.25, 0.3) is 5.91 Å². The molecule has 1 amide bonds. The molecule has 1 aromatic heterocycles. The van der Waals surface area contributed by atoms with Crippen LogP contribution in [0.2, 0.25) is 0 Å². The molecule has 5 nitrogen and oxygen atoms in total. The predicted molar refractivity (Wildman–Crippen MR) is 97.3 cm³/mol. The number of rotatable bonds is 4. The summed E-state index contributed by atoms with van der Waals surface area (Å²) in [4.78, 5) is 14.9. The Morgan fingerprint density at radius 2 is 2.04 bits per heavy atom. The van der Waals surface area contributed by atoms with Crippen molar-refractivity contribution in [3.63, 3.8) is 0 Å². The van der Waals surface area contributed by atoms with Crippen LogP contribution in [0, 0.1) is 11.8 Å². The van der Waals surface area contributed by atoms with Crippen LogP contribution in [0.25, 0.3) is 0 Å². The lowest BCUT2D eigenvalue weighted by Crippen LogP contribution is -2.41. The van der Waals surface area contributed by atoms with E-state index in [9.17, 15) is 4.79 Å². The molecule has 0 N–H and O–H groups in total. The van der Waals surface area contributed by atoms with Crippen LogP contribution < -0.4 is 9.64 Å². The molecule has 3 rings (SSSR count). The maximum atomic E-state index is 13.1. The van der Waals surface area contributed by atoms with Gasteiger partial charge in [-0.2, -0.15) is 0 Å². The molecule has 1 atom stereocenters. The molecule has 0 spiro atoms. The summed E-state index contributed by atoms with van der Waals surface area (Å²) in [6.07, 6.45) is 0.948. The highest BCUT2D eigenvalue weighted by Crippen LogP contribution is 2.36. The number of benzene rings is 1. The van der Waals surface area contributed by atoms with Crippen molar-refractivity contribution in [1.29, 1.82) is 0 Å². The van der Waals surface area contributed by atoms with E-state index in [4.69, 9.17) is 9.26 Å². The van der Waals surface area contributed by atoms with Crippen molar-refractivity contribution in [2.45, 2.75) is 40.0 Å². The zero-order valence-electron chi connectivity index (χ0n) is 15.6. The molecule has 0 saturated heterocycles. The SMILES string of the molecule is COc1ccc2c(c1)CC(C(C)C)CN2C(=O)c1cc(C(C)C)on1. The number of hydrogen-bond acceptors (Lipinski definition) is 4. The van der Waals surface area contributed by atoms with E-state index < -0.39 is 0 Å². The highest BCUT2D eigenvalue weighted by Gasteiger charge is 2.32. The highest BCUT2D eigenvalue weighted by molar-refractivity contribution is 6.05. The lowest BCUT2D eigenvalue weighted by atomic mass is 9.84. The van der Waals surface area contributed by atoms with E-state index in [1.54, 1.807) is 13.2 Å². The highest BCUT2D eigenvalue weighted by atomic mass is 16.5. The number of anilines is 1. The lowest BCUT2D eigenvalue weighted by molar-refractivity contribution is 0.0968. The molecule has 2 heterocycles. The van der Waals surface area contributed by atoms with Gasteiger partial charge in [-0.15, -0.1) is 0 Å². The molecule has 25 heavy (non-hydrogen) atoms. The number of carbonyl (C=O) groups excluding carboxylic acids is 1. The number of nitrogens with zero attached hydrogens (tertiary/aromatic N) is 2. The first-order chi connectivity index (χ1) is 11.9. The third-order valence-corrected chi connectivity index (χ3v) is 4.98. The van der Waals surface area contributed by atoms with Gasteiger partial charge in [0.2, 0.25) is 0 Å². The maximum Gasteiger partial charge on any atom is 0.280 e. The average molecular weight is 342 g/mol. The van der Waals surface area contributed by atoms with Gasteiger partial charge < -0.3 is 14.2 Å². The van der Waals surface area contributed by atoms with Gasteiger partial charge >= 0.3 is 0 Å². The van der Waals surface area contributed by atoms with Crippen LogP contribution in [0.5, 0.6) is 5.75 Å². The minimum atomic E-state index is -0.104. The van der Waals surface area contributed by atoms with E-state index in [1.165, 1.54) is 0 Å². The number of fused-ring (bicyclic) bond motifs is 1. The Balaban J connectivity index is 1.97. The minimum Gasteiger partial charge on any atom is -0.497 e. The van der Waals surface area contributed by atoms with Gasteiger partial charge in [0, 0.05) is 24.2 Å². The van der Waals surface area contributed by atoms with Crippen LogP contribution in [-0.4, -0.2) is 24.7 Å². The smallest absolute Gasteiger partial charge is 0.280 e. The molecule has 134 valence electrons. The van der Waals surface area contributed by atoms with E-state index in [-0.39, 0.29) is 11.8 Å². The van der Waals surface area contributed by atoms with Crippen molar-refractivity contribution in [1.82, 2.24) is 5.16 Å². The first kappa shape index (κ1) is 17.5.